The van der Waals surface area contributed by atoms with Gasteiger partial charge in [-0.25, -0.2) is 0 Å². The summed E-state index contributed by atoms with van der Waals surface area (Å²) in [6.45, 7) is 7.79. The highest BCUT2D eigenvalue weighted by molar-refractivity contribution is 5.76. The molecule has 4 nitrogen and oxygen atoms in total. The summed E-state index contributed by atoms with van der Waals surface area (Å²) < 4.78 is 5.30. The number of benzene rings is 1. The third-order valence-electron chi connectivity index (χ3n) is 3.07. The number of fused-ring (bicyclic) bond motifs is 1. The Morgan fingerprint density at radius 3 is 2.32 bits per heavy atom. The van der Waals surface area contributed by atoms with Gasteiger partial charge in [-0.05, 0) is 31.9 Å². The standard InChI is InChI=1S/C15H22N2O2/c1-15(2,3)19-14(18)13(16)10-17-8-11-6-4-5-7-12(11)9-17/h4-7,13H,8-10,16H2,1-3H3. The first-order valence-corrected chi connectivity index (χ1v) is 6.63. The van der Waals surface area contributed by atoms with Gasteiger partial charge in [0, 0.05) is 19.6 Å². The van der Waals surface area contributed by atoms with E-state index in [-0.39, 0.29) is 5.97 Å². The molecule has 1 aliphatic heterocycles. The highest BCUT2D eigenvalue weighted by Gasteiger charge is 2.26. The molecule has 1 aliphatic rings. The topological polar surface area (TPSA) is 55.6 Å². The second-order valence-electron chi connectivity index (χ2n) is 6.08. The Labute approximate surface area is 114 Å². The fraction of sp³-hybridized carbons (Fsp3) is 0.533. The van der Waals surface area contributed by atoms with E-state index in [1.54, 1.807) is 0 Å². The number of hydrogen-bond donors (Lipinski definition) is 1. The SMILES string of the molecule is CC(C)(C)OC(=O)C(N)CN1Cc2ccccc2C1. The molecule has 0 fully saturated rings. The van der Waals surface area contributed by atoms with Gasteiger partial charge in [0.1, 0.15) is 11.6 Å². The molecule has 1 atom stereocenters. The minimum absolute atomic E-state index is 0.330. The van der Waals surface area contributed by atoms with E-state index in [0.717, 1.165) is 13.1 Å². The zero-order valence-electron chi connectivity index (χ0n) is 11.8. The Balaban J connectivity index is 1.88. The number of hydrogen-bond acceptors (Lipinski definition) is 4. The molecule has 4 heteroatoms. The summed E-state index contributed by atoms with van der Waals surface area (Å²) in [4.78, 5) is 14.0. The Kier molecular flexibility index (Phi) is 3.92. The van der Waals surface area contributed by atoms with E-state index in [0.29, 0.717) is 6.54 Å². The largest absolute Gasteiger partial charge is 0.459 e. The van der Waals surface area contributed by atoms with Crippen molar-refractivity contribution < 1.29 is 9.53 Å². The van der Waals surface area contributed by atoms with Gasteiger partial charge < -0.3 is 10.5 Å². The minimum atomic E-state index is -0.589. The Morgan fingerprint density at radius 2 is 1.84 bits per heavy atom. The highest BCUT2D eigenvalue weighted by Crippen LogP contribution is 2.22. The Bertz CT molecular complexity index is 440. The van der Waals surface area contributed by atoms with Gasteiger partial charge in [-0.1, -0.05) is 24.3 Å². The lowest BCUT2D eigenvalue weighted by atomic mass is 10.1. The molecule has 2 N–H and O–H groups in total. The van der Waals surface area contributed by atoms with Gasteiger partial charge in [0.15, 0.2) is 0 Å². The maximum atomic E-state index is 11.8. The van der Waals surface area contributed by atoms with Gasteiger partial charge in [-0.2, -0.15) is 0 Å². The number of nitrogens with two attached hydrogens (primary N) is 1. The van der Waals surface area contributed by atoms with Crippen LogP contribution in [0.5, 0.6) is 0 Å². The van der Waals surface area contributed by atoms with E-state index in [9.17, 15) is 4.79 Å². The van der Waals surface area contributed by atoms with E-state index in [2.05, 4.69) is 17.0 Å². The summed E-state index contributed by atoms with van der Waals surface area (Å²) in [6, 6.07) is 7.73. The van der Waals surface area contributed by atoms with Gasteiger partial charge >= 0.3 is 5.97 Å². The first-order chi connectivity index (χ1) is 8.85. The second-order valence-corrected chi connectivity index (χ2v) is 6.08. The lowest BCUT2D eigenvalue weighted by molar-refractivity contribution is -0.157. The molecule has 0 aromatic heterocycles. The Hall–Kier alpha value is -1.39. The molecule has 0 spiro atoms. The zero-order chi connectivity index (χ0) is 14.0. The smallest absolute Gasteiger partial charge is 0.324 e. The van der Waals surface area contributed by atoms with Gasteiger partial charge in [0.05, 0.1) is 0 Å². The number of carbonyl (C=O) groups is 1. The average Bonchev–Trinajstić information content (AvgIpc) is 2.68. The van der Waals surface area contributed by atoms with Crippen LogP contribution in [0.3, 0.4) is 0 Å². The van der Waals surface area contributed by atoms with Crippen molar-refractivity contribution in [2.24, 2.45) is 5.73 Å². The third kappa shape index (κ3) is 3.78. The van der Waals surface area contributed by atoms with E-state index >= 15 is 0 Å². The molecule has 0 bridgehead atoms. The fourth-order valence-corrected chi connectivity index (χ4v) is 2.26. The van der Waals surface area contributed by atoms with Crippen molar-refractivity contribution in [2.75, 3.05) is 6.54 Å². The molecule has 1 heterocycles. The van der Waals surface area contributed by atoms with Gasteiger partial charge in [0.2, 0.25) is 0 Å². The molecule has 0 amide bonds. The highest BCUT2D eigenvalue weighted by atomic mass is 16.6. The van der Waals surface area contributed by atoms with Crippen LogP contribution in [0.4, 0.5) is 0 Å². The summed E-state index contributed by atoms with van der Waals surface area (Å²) in [7, 11) is 0. The molecular weight excluding hydrogens is 240 g/mol. The van der Waals surface area contributed by atoms with Crippen LogP contribution in [-0.4, -0.2) is 29.1 Å². The van der Waals surface area contributed by atoms with Crippen LogP contribution in [0.2, 0.25) is 0 Å². The molecule has 1 aromatic carbocycles. The number of carbonyl (C=O) groups excluding carboxylic acids is 1. The molecule has 0 radical (unpaired) electrons. The molecule has 19 heavy (non-hydrogen) atoms. The normalized spacial score (nSPS) is 17.1. The van der Waals surface area contributed by atoms with E-state index < -0.39 is 11.6 Å². The van der Waals surface area contributed by atoms with Gasteiger partial charge in [-0.15, -0.1) is 0 Å². The lowest BCUT2D eigenvalue weighted by Crippen LogP contribution is -2.44. The van der Waals surface area contributed by atoms with Crippen molar-refractivity contribution in [3.8, 4) is 0 Å². The number of rotatable bonds is 3. The van der Waals surface area contributed by atoms with Crippen molar-refractivity contribution in [1.29, 1.82) is 0 Å². The summed E-state index contributed by atoms with van der Waals surface area (Å²) in [5.41, 5.74) is 8.08. The predicted octanol–water partition coefficient (Wildman–Crippen LogP) is 1.67. The maximum Gasteiger partial charge on any atom is 0.324 e. The Morgan fingerprint density at radius 1 is 1.32 bits per heavy atom. The monoisotopic (exact) mass is 262 g/mol. The van der Waals surface area contributed by atoms with E-state index in [1.807, 2.05) is 32.9 Å². The molecule has 104 valence electrons. The molecule has 0 saturated heterocycles. The fourth-order valence-electron chi connectivity index (χ4n) is 2.26. The van der Waals surface area contributed by atoms with Crippen molar-refractivity contribution in [3.05, 3.63) is 35.4 Å². The quantitative estimate of drug-likeness (QED) is 0.842. The van der Waals surface area contributed by atoms with Crippen LogP contribution < -0.4 is 5.73 Å². The summed E-state index contributed by atoms with van der Waals surface area (Å²) in [5, 5.41) is 0. The molecule has 1 unspecified atom stereocenters. The van der Waals surface area contributed by atoms with Crippen LogP contribution in [0.15, 0.2) is 24.3 Å². The van der Waals surface area contributed by atoms with Crippen LogP contribution >= 0.6 is 0 Å². The zero-order valence-corrected chi connectivity index (χ0v) is 11.8. The molecule has 2 rings (SSSR count). The molecule has 0 saturated carbocycles. The van der Waals surface area contributed by atoms with Crippen LogP contribution in [0.1, 0.15) is 31.9 Å². The van der Waals surface area contributed by atoms with Crippen LogP contribution in [0, 0.1) is 0 Å². The van der Waals surface area contributed by atoms with Gasteiger partial charge in [-0.3, -0.25) is 9.69 Å². The van der Waals surface area contributed by atoms with Crippen LogP contribution in [-0.2, 0) is 22.6 Å². The number of nitrogens with zero attached hydrogens (tertiary/aromatic N) is 1. The predicted molar refractivity (Wildman–Crippen MR) is 74.4 cm³/mol. The van der Waals surface area contributed by atoms with Crippen molar-refractivity contribution >= 4 is 5.97 Å². The molecule has 1 aromatic rings. The summed E-state index contributed by atoms with van der Waals surface area (Å²) in [6.07, 6.45) is 0. The van der Waals surface area contributed by atoms with Crippen molar-refractivity contribution in [3.63, 3.8) is 0 Å². The third-order valence-corrected chi connectivity index (χ3v) is 3.07. The number of esters is 1. The minimum Gasteiger partial charge on any atom is -0.459 e. The maximum absolute atomic E-state index is 11.8. The van der Waals surface area contributed by atoms with E-state index in [4.69, 9.17) is 10.5 Å². The second kappa shape index (κ2) is 5.31. The first kappa shape index (κ1) is 14.0. The molecule has 0 aliphatic carbocycles. The summed E-state index contributed by atoms with van der Waals surface area (Å²) in [5.74, 6) is -0.330. The number of ether oxygens (including phenoxy) is 1. The van der Waals surface area contributed by atoms with E-state index in [1.165, 1.54) is 11.1 Å². The van der Waals surface area contributed by atoms with Gasteiger partial charge in [0.25, 0.3) is 0 Å². The summed E-state index contributed by atoms with van der Waals surface area (Å²) >= 11 is 0. The molecular formula is C15H22N2O2. The van der Waals surface area contributed by atoms with Crippen LogP contribution in [0.25, 0.3) is 0 Å². The lowest BCUT2D eigenvalue weighted by Gasteiger charge is -2.24. The average molecular weight is 262 g/mol. The first-order valence-electron chi connectivity index (χ1n) is 6.63. The van der Waals surface area contributed by atoms with Crippen molar-refractivity contribution in [1.82, 2.24) is 4.90 Å². The van der Waals surface area contributed by atoms with Crippen molar-refractivity contribution in [2.45, 2.75) is 45.5 Å².